The molecule has 4 nitrogen and oxygen atoms in total. The monoisotopic (exact) mass is 334 g/mol. The van der Waals surface area contributed by atoms with Gasteiger partial charge in [0.2, 0.25) is 0 Å². The van der Waals surface area contributed by atoms with Gasteiger partial charge in [-0.25, -0.2) is 4.39 Å². The molecule has 1 heterocycles. The molecule has 5 heteroatoms. The number of guanidine groups is 1. The van der Waals surface area contributed by atoms with Crippen molar-refractivity contribution in [2.75, 3.05) is 39.8 Å². The van der Waals surface area contributed by atoms with E-state index in [0.29, 0.717) is 0 Å². The van der Waals surface area contributed by atoms with Gasteiger partial charge < -0.3 is 15.5 Å². The van der Waals surface area contributed by atoms with E-state index >= 15 is 0 Å². The Labute approximate surface area is 145 Å². The number of hydrogen-bond donors (Lipinski definition) is 2. The molecular formula is C19H31FN4. The van der Waals surface area contributed by atoms with E-state index in [9.17, 15) is 4.39 Å². The minimum absolute atomic E-state index is 0.188. The van der Waals surface area contributed by atoms with Crippen molar-refractivity contribution in [3.8, 4) is 0 Å². The first-order valence-corrected chi connectivity index (χ1v) is 9.08. The number of nitrogens with one attached hydrogen (secondary N) is 2. The molecule has 0 saturated carbocycles. The molecule has 0 spiro atoms. The van der Waals surface area contributed by atoms with E-state index in [0.717, 1.165) is 49.9 Å². The number of aliphatic imine (C=N–C) groups is 1. The zero-order valence-electron chi connectivity index (χ0n) is 15.0. The van der Waals surface area contributed by atoms with E-state index < -0.39 is 0 Å². The molecule has 1 saturated heterocycles. The average molecular weight is 334 g/mol. The third-order valence-corrected chi connectivity index (χ3v) is 4.66. The van der Waals surface area contributed by atoms with Gasteiger partial charge in [-0.15, -0.1) is 0 Å². The summed E-state index contributed by atoms with van der Waals surface area (Å²) in [6.07, 6.45) is 4.65. The normalized spacial score (nSPS) is 17.0. The summed E-state index contributed by atoms with van der Waals surface area (Å²) in [5.74, 6) is 1.54. The van der Waals surface area contributed by atoms with Crippen molar-refractivity contribution in [2.24, 2.45) is 10.9 Å². The smallest absolute Gasteiger partial charge is 0.190 e. The number of rotatable bonds is 7. The van der Waals surface area contributed by atoms with Crippen molar-refractivity contribution in [1.29, 1.82) is 0 Å². The highest BCUT2D eigenvalue weighted by atomic mass is 19.1. The zero-order valence-corrected chi connectivity index (χ0v) is 15.0. The summed E-state index contributed by atoms with van der Waals surface area (Å²) in [5, 5.41) is 6.67. The van der Waals surface area contributed by atoms with E-state index in [1.54, 1.807) is 7.05 Å². The van der Waals surface area contributed by atoms with Crippen LogP contribution in [0.25, 0.3) is 0 Å². The molecule has 2 N–H and O–H groups in total. The van der Waals surface area contributed by atoms with Crippen molar-refractivity contribution >= 4 is 5.96 Å². The number of hydrogen-bond acceptors (Lipinski definition) is 2. The van der Waals surface area contributed by atoms with Crippen LogP contribution in [-0.2, 0) is 6.42 Å². The molecule has 0 atom stereocenters. The maximum atomic E-state index is 12.9. The fourth-order valence-corrected chi connectivity index (χ4v) is 2.99. The Balaban J connectivity index is 1.56. The fraction of sp³-hybridized carbons (Fsp3) is 0.632. The highest BCUT2D eigenvalue weighted by molar-refractivity contribution is 5.79. The minimum Gasteiger partial charge on any atom is -0.356 e. The first kappa shape index (κ1) is 18.7. The van der Waals surface area contributed by atoms with Gasteiger partial charge in [0.25, 0.3) is 0 Å². The molecule has 1 aliphatic rings. The lowest BCUT2D eigenvalue weighted by atomic mass is 9.99. The number of benzene rings is 1. The molecule has 1 fully saturated rings. The van der Waals surface area contributed by atoms with E-state index in [1.807, 2.05) is 12.1 Å². The van der Waals surface area contributed by atoms with Crippen LogP contribution in [0.2, 0.25) is 0 Å². The van der Waals surface area contributed by atoms with Crippen molar-refractivity contribution < 1.29 is 4.39 Å². The summed E-state index contributed by atoms with van der Waals surface area (Å²) < 4.78 is 12.9. The third-order valence-electron chi connectivity index (χ3n) is 4.66. The van der Waals surface area contributed by atoms with Crippen LogP contribution in [0.15, 0.2) is 29.3 Å². The topological polar surface area (TPSA) is 39.7 Å². The van der Waals surface area contributed by atoms with E-state index in [1.165, 1.54) is 38.1 Å². The second-order valence-electron chi connectivity index (χ2n) is 6.68. The second-order valence-corrected chi connectivity index (χ2v) is 6.68. The lowest BCUT2D eigenvalue weighted by Gasteiger charge is -2.30. The summed E-state index contributed by atoms with van der Waals surface area (Å²) in [6, 6.07) is 6.66. The Morgan fingerprint density at radius 3 is 2.50 bits per heavy atom. The van der Waals surface area contributed by atoms with Crippen LogP contribution in [0.3, 0.4) is 0 Å². The van der Waals surface area contributed by atoms with Crippen molar-refractivity contribution in [2.45, 2.75) is 32.6 Å². The van der Waals surface area contributed by atoms with Gasteiger partial charge in [-0.1, -0.05) is 19.1 Å². The van der Waals surface area contributed by atoms with Gasteiger partial charge in [0, 0.05) is 20.1 Å². The van der Waals surface area contributed by atoms with Crippen LogP contribution >= 0.6 is 0 Å². The third kappa shape index (κ3) is 6.87. The molecule has 0 amide bonds. The van der Waals surface area contributed by atoms with Crippen LogP contribution in [0.5, 0.6) is 0 Å². The van der Waals surface area contributed by atoms with Gasteiger partial charge >= 0.3 is 0 Å². The molecule has 1 aliphatic heterocycles. The highest BCUT2D eigenvalue weighted by Gasteiger charge is 2.14. The Kier molecular flexibility index (Phi) is 8.02. The van der Waals surface area contributed by atoms with Crippen molar-refractivity contribution in [3.05, 3.63) is 35.6 Å². The molecule has 134 valence electrons. The van der Waals surface area contributed by atoms with Gasteiger partial charge in [-0.3, -0.25) is 4.99 Å². The maximum absolute atomic E-state index is 12.9. The van der Waals surface area contributed by atoms with Gasteiger partial charge in [0.15, 0.2) is 5.96 Å². The van der Waals surface area contributed by atoms with Crippen molar-refractivity contribution in [3.63, 3.8) is 0 Å². The van der Waals surface area contributed by atoms with E-state index in [4.69, 9.17) is 0 Å². The first-order chi connectivity index (χ1) is 11.7. The van der Waals surface area contributed by atoms with Gasteiger partial charge in [0.05, 0.1) is 0 Å². The zero-order chi connectivity index (χ0) is 17.2. The summed E-state index contributed by atoms with van der Waals surface area (Å²) in [5.41, 5.74) is 1.12. The number of likely N-dealkylation sites (tertiary alicyclic amines) is 1. The molecule has 0 radical (unpaired) electrons. The van der Waals surface area contributed by atoms with Gasteiger partial charge in [0.1, 0.15) is 5.82 Å². The Bertz CT molecular complexity index is 493. The Morgan fingerprint density at radius 2 is 1.83 bits per heavy atom. The lowest BCUT2D eigenvalue weighted by molar-refractivity contribution is 0.191. The number of halogens is 1. The molecule has 2 rings (SSSR count). The summed E-state index contributed by atoms with van der Waals surface area (Å²) >= 11 is 0. The summed E-state index contributed by atoms with van der Waals surface area (Å²) in [6.45, 7) is 7.71. The summed E-state index contributed by atoms with van der Waals surface area (Å²) in [4.78, 5) is 6.81. The highest BCUT2D eigenvalue weighted by Crippen LogP contribution is 2.15. The lowest BCUT2D eigenvalue weighted by Crippen LogP contribution is -2.40. The quantitative estimate of drug-likeness (QED) is 0.457. The molecule has 24 heavy (non-hydrogen) atoms. The SMILES string of the molecule is CN=C(NCCCN1CCC(C)CC1)NCCc1ccc(F)cc1. The van der Waals surface area contributed by atoms with Crippen LogP contribution in [0.4, 0.5) is 4.39 Å². The van der Waals surface area contributed by atoms with Crippen LogP contribution in [0.1, 0.15) is 31.7 Å². The average Bonchev–Trinajstić information content (AvgIpc) is 2.60. The molecule has 0 unspecified atom stereocenters. The van der Waals surface area contributed by atoms with E-state index in [2.05, 4.69) is 27.4 Å². The van der Waals surface area contributed by atoms with Crippen LogP contribution < -0.4 is 10.6 Å². The first-order valence-electron chi connectivity index (χ1n) is 9.08. The second kappa shape index (κ2) is 10.3. The molecule has 1 aromatic carbocycles. The van der Waals surface area contributed by atoms with Crippen LogP contribution in [-0.4, -0.2) is 50.6 Å². The molecule has 1 aromatic rings. The largest absolute Gasteiger partial charge is 0.356 e. The molecule has 0 aromatic heterocycles. The fourth-order valence-electron chi connectivity index (χ4n) is 2.99. The van der Waals surface area contributed by atoms with Crippen LogP contribution in [0, 0.1) is 11.7 Å². The standard InChI is InChI=1S/C19H31FN4/c1-16-9-14-24(15-10-16)13-3-11-22-19(21-2)23-12-8-17-4-6-18(20)7-5-17/h4-7,16H,3,8-15H2,1-2H3,(H2,21,22,23). The van der Waals surface area contributed by atoms with Gasteiger partial charge in [-0.05, 0) is 68.9 Å². The Hall–Kier alpha value is -1.62. The Morgan fingerprint density at radius 1 is 1.17 bits per heavy atom. The molecular weight excluding hydrogens is 303 g/mol. The summed E-state index contributed by atoms with van der Waals surface area (Å²) in [7, 11) is 1.79. The minimum atomic E-state index is -0.188. The maximum Gasteiger partial charge on any atom is 0.190 e. The van der Waals surface area contributed by atoms with E-state index in [-0.39, 0.29) is 5.82 Å². The van der Waals surface area contributed by atoms with Crippen molar-refractivity contribution in [1.82, 2.24) is 15.5 Å². The predicted molar refractivity (Wildman–Crippen MR) is 98.9 cm³/mol. The number of nitrogens with zero attached hydrogens (tertiary/aromatic N) is 2. The van der Waals surface area contributed by atoms with Gasteiger partial charge in [-0.2, -0.15) is 0 Å². The predicted octanol–water partition coefficient (Wildman–Crippen LogP) is 2.66. The molecule has 0 bridgehead atoms. The molecule has 0 aliphatic carbocycles. The number of piperidine rings is 1.